The van der Waals surface area contributed by atoms with Gasteiger partial charge in [-0.3, -0.25) is 4.98 Å². The zero-order chi connectivity index (χ0) is 22.7. The molecule has 2 heterocycles. The molecular weight excluding hydrogens is 481 g/mol. The Balaban J connectivity index is -0.000000168. The van der Waals surface area contributed by atoms with Crippen LogP contribution in [0.2, 0.25) is 0 Å². The minimum atomic E-state index is -0.537. The fourth-order valence-electron chi connectivity index (χ4n) is 2.23. The van der Waals surface area contributed by atoms with E-state index in [-0.39, 0.29) is 38.4 Å². The molecule has 0 bridgehead atoms. The second kappa shape index (κ2) is 25.2. The van der Waals surface area contributed by atoms with Crippen LogP contribution in [-0.4, -0.2) is 89.6 Å². The van der Waals surface area contributed by atoms with Crippen molar-refractivity contribution in [3.8, 4) is 5.75 Å². The van der Waals surface area contributed by atoms with Crippen LogP contribution in [0.1, 0.15) is 48.0 Å². The zero-order valence-electron chi connectivity index (χ0n) is 19.8. The van der Waals surface area contributed by atoms with Crippen molar-refractivity contribution in [3.63, 3.8) is 0 Å². The number of aromatic hydroxyl groups is 1. The number of hydrogen-bond donors (Lipinski definition) is 3. The first-order valence-corrected chi connectivity index (χ1v) is 10.3. The summed E-state index contributed by atoms with van der Waals surface area (Å²) in [5.41, 5.74) is 0. The smallest absolute Gasteiger partial charge is 0.664 e. The van der Waals surface area contributed by atoms with Crippen molar-refractivity contribution in [2.75, 3.05) is 47.3 Å². The molecule has 1 aromatic rings. The van der Waals surface area contributed by atoms with E-state index in [2.05, 4.69) is 48.0 Å². The predicted octanol–water partition coefficient (Wildman–Crippen LogP) is 4.29. The number of allylic oxidation sites excluding steroid dienone is 1. The van der Waals surface area contributed by atoms with Crippen LogP contribution >= 0.6 is 0 Å². The summed E-state index contributed by atoms with van der Waals surface area (Å²) in [6, 6.07) is 4.05. The van der Waals surface area contributed by atoms with Gasteiger partial charge in [0.05, 0.1) is 18.1 Å². The molecule has 0 spiro atoms. The molecule has 183 valence electrons. The molecule has 1 aliphatic heterocycles. The van der Waals surface area contributed by atoms with Gasteiger partial charge in [0.1, 0.15) is 5.75 Å². The van der Waals surface area contributed by atoms with E-state index in [1.807, 2.05) is 7.05 Å². The van der Waals surface area contributed by atoms with Crippen molar-refractivity contribution < 1.29 is 34.8 Å². The van der Waals surface area contributed by atoms with Crippen LogP contribution in [0.4, 0.5) is 0 Å². The van der Waals surface area contributed by atoms with E-state index in [9.17, 15) is 0 Å². The minimum Gasteiger partial charge on any atom is -0.664 e. The minimum absolute atomic E-state index is 0. The summed E-state index contributed by atoms with van der Waals surface area (Å²) >= 11 is 0. The van der Waals surface area contributed by atoms with Crippen molar-refractivity contribution in [2.45, 2.75) is 60.1 Å². The van der Waals surface area contributed by atoms with Gasteiger partial charge in [0.2, 0.25) is 0 Å². The van der Waals surface area contributed by atoms with Crippen LogP contribution in [0.25, 0.3) is 5.32 Å². The molecule has 2 unspecified atom stereocenters. The van der Waals surface area contributed by atoms with Crippen molar-refractivity contribution in [1.82, 2.24) is 14.8 Å². The predicted molar refractivity (Wildman–Crippen MR) is 129 cm³/mol. The molecule has 7 nitrogen and oxygen atoms in total. The first kappa shape index (κ1) is 37.3. The maximum absolute atomic E-state index is 8.57. The largest absolute Gasteiger partial charge is 3.00 e. The van der Waals surface area contributed by atoms with E-state index in [0.717, 1.165) is 19.1 Å². The Bertz CT molecular complexity index is 501. The van der Waals surface area contributed by atoms with E-state index >= 15 is 0 Å². The van der Waals surface area contributed by atoms with E-state index in [1.165, 1.54) is 45.1 Å². The number of aliphatic hydroxyl groups excluding tert-OH is 2. The molecule has 1 saturated heterocycles. The summed E-state index contributed by atoms with van der Waals surface area (Å²) in [5, 5.41) is 29.6. The van der Waals surface area contributed by atoms with Gasteiger partial charge in [0.25, 0.3) is 0 Å². The van der Waals surface area contributed by atoms with Crippen LogP contribution in [-0.2, 0) is 19.5 Å². The molecule has 2 rings (SSSR count). The molecule has 1 aliphatic rings. The second-order valence-electron chi connectivity index (χ2n) is 7.19. The van der Waals surface area contributed by atoms with E-state index in [1.54, 1.807) is 25.3 Å². The van der Waals surface area contributed by atoms with Gasteiger partial charge in [-0.15, -0.1) is 6.54 Å². The number of pyridine rings is 1. The maximum atomic E-state index is 8.57. The molecule has 31 heavy (non-hydrogen) atoms. The van der Waals surface area contributed by atoms with Crippen molar-refractivity contribution in [3.05, 3.63) is 41.7 Å². The monoisotopic (exact) mass is 529 g/mol. The third-order valence-electron chi connectivity index (χ3n) is 3.79. The number of likely N-dealkylation sites (N-methyl/N-ethyl adjacent to an activating group) is 3. The fourth-order valence-corrected chi connectivity index (χ4v) is 2.23. The Morgan fingerprint density at radius 3 is 2.23 bits per heavy atom. The number of aliphatic hydroxyl groups is 2. The molecule has 1 radical (unpaired) electrons. The second-order valence-corrected chi connectivity index (χ2v) is 7.19. The molecule has 0 aromatic carbocycles. The third-order valence-corrected chi connectivity index (χ3v) is 3.79. The van der Waals surface area contributed by atoms with Crippen molar-refractivity contribution >= 4 is 0 Å². The third kappa shape index (κ3) is 26.9. The van der Waals surface area contributed by atoms with Crippen LogP contribution < -0.4 is 0 Å². The van der Waals surface area contributed by atoms with E-state index in [4.69, 9.17) is 15.3 Å². The molecular formula is C23H47N4O3Ru+2. The van der Waals surface area contributed by atoms with E-state index < -0.39 is 6.10 Å². The van der Waals surface area contributed by atoms with Crippen LogP contribution in [0.3, 0.4) is 0 Å². The number of likely N-dealkylation sites (tertiary alicyclic amines) is 1. The quantitative estimate of drug-likeness (QED) is 0.377. The van der Waals surface area contributed by atoms with Gasteiger partial charge >= 0.3 is 19.5 Å². The summed E-state index contributed by atoms with van der Waals surface area (Å²) in [6.07, 6.45) is 6.44. The maximum Gasteiger partial charge on any atom is 3.00 e. The van der Waals surface area contributed by atoms with Gasteiger partial charge < -0.3 is 30.4 Å². The Morgan fingerprint density at radius 2 is 2.00 bits per heavy atom. The Labute approximate surface area is 204 Å². The number of rotatable bonds is 6. The molecule has 3 N–H and O–H groups in total. The molecule has 1 fully saturated rings. The summed E-state index contributed by atoms with van der Waals surface area (Å²) in [7, 11) is 6.26. The molecule has 0 saturated carbocycles. The Hall–Kier alpha value is -1.05. The Morgan fingerprint density at radius 1 is 1.42 bits per heavy atom. The zero-order valence-corrected chi connectivity index (χ0v) is 21.5. The van der Waals surface area contributed by atoms with Crippen LogP contribution in [0.5, 0.6) is 5.75 Å². The SMILES string of the molecule is C.CC(O)=CC(C)O.CCC.C[N-]CCN(C)CC1CCN1C.Oc1cccnc1.[Ru+3]. The van der Waals surface area contributed by atoms with Gasteiger partial charge in [-0.1, -0.05) is 27.7 Å². The topological polar surface area (TPSA) is 94.2 Å². The first-order chi connectivity index (χ1) is 13.7. The first-order valence-electron chi connectivity index (χ1n) is 10.3. The summed E-state index contributed by atoms with van der Waals surface area (Å²) < 4.78 is 0. The number of hydrogen-bond acceptors (Lipinski definition) is 6. The normalized spacial score (nSPS) is 15.8. The van der Waals surface area contributed by atoms with Gasteiger partial charge in [-0.25, -0.2) is 0 Å². The number of nitrogens with zero attached hydrogens (tertiary/aromatic N) is 4. The van der Waals surface area contributed by atoms with Crippen LogP contribution in [0, 0.1) is 0 Å². The summed E-state index contributed by atoms with van der Waals surface area (Å²) in [5.74, 6) is 0.373. The van der Waals surface area contributed by atoms with Gasteiger partial charge in [-0.2, -0.15) is 7.05 Å². The average Bonchev–Trinajstić information content (AvgIpc) is 2.64. The molecule has 1 aromatic heterocycles. The van der Waals surface area contributed by atoms with Gasteiger partial charge in [0, 0.05) is 18.8 Å². The van der Waals surface area contributed by atoms with E-state index in [0.29, 0.717) is 0 Å². The Kier molecular flexibility index (Phi) is 30.3. The molecule has 0 aliphatic carbocycles. The van der Waals surface area contributed by atoms with Crippen molar-refractivity contribution in [2.24, 2.45) is 0 Å². The average molecular weight is 529 g/mol. The van der Waals surface area contributed by atoms with Crippen LogP contribution in [0.15, 0.2) is 36.4 Å². The van der Waals surface area contributed by atoms with Gasteiger partial charge in [0.15, 0.2) is 0 Å². The number of aromatic nitrogens is 1. The molecule has 8 heteroatoms. The van der Waals surface area contributed by atoms with Gasteiger partial charge in [-0.05, 0) is 65.7 Å². The summed E-state index contributed by atoms with van der Waals surface area (Å²) in [4.78, 5) is 8.42. The molecule has 2 atom stereocenters. The summed E-state index contributed by atoms with van der Waals surface area (Å²) in [6.45, 7) is 11.9. The fraction of sp³-hybridized carbons (Fsp3) is 0.696. The standard InChI is InChI=1S/C9H20N3.C5H5NO.C5H10O2.C3H8.CH4.Ru/c1-10-5-7-11(2)8-9-4-6-12(9)3;7-5-2-1-3-6-4-5;1-4(6)3-5(2)7;1-3-2;;/h9H,4-8H2,1-3H3;1-4,7H;3-4,6-7H,1-2H3;3H2,1-2H3;1H4;/q-1;;;;;+3. The van der Waals surface area contributed by atoms with Crippen molar-refractivity contribution in [1.29, 1.82) is 0 Å². The molecule has 0 amide bonds.